The van der Waals surface area contributed by atoms with Crippen LogP contribution >= 0.6 is 0 Å². The predicted molar refractivity (Wildman–Crippen MR) is 116 cm³/mol. The van der Waals surface area contributed by atoms with E-state index in [1.165, 1.54) is 10.6 Å². The second kappa shape index (κ2) is 8.53. The Morgan fingerprint density at radius 2 is 1.94 bits per heavy atom. The van der Waals surface area contributed by atoms with Crippen molar-refractivity contribution in [2.75, 3.05) is 13.2 Å². The van der Waals surface area contributed by atoms with Crippen LogP contribution in [0, 0.1) is 13.8 Å². The lowest BCUT2D eigenvalue weighted by Gasteiger charge is -2.23. The maximum Gasteiger partial charge on any atom is 0.420 e. The summed E-state index contributed by atoms with van der Waals surface area (Å²) >= 11 is 0. The van der Waals surface area contributed by atoms with Gasteiger partial charge in [-0.25, -0.2) is 13.2 Å². The van der Waals surface area contributed by atoms with Crippen LogP contribution in [-0.4, -0.2) is 53.7 Å². The molecule has 0 saturated carbocycles. The fourth-order valence-corrected chi connectivity index (χ4v) is 5.55. The first-order valence-electron chi connectivity index (χ1n) is 10.2. The van der Waals surface area contributed by atoms with Crippen molar-refractivity contribution in [3.05, 3.63) is 64.1 Å². The van der Waals surface area contributed by atoms with E-state index in [0.29, 0.717) is 11.1 Å². The molecule has 0 amide bonds. The molecule has 10 heteroatoms. The number of benzene rings is 2. The first kappa shape index (κ1) is 22.3. The van der Waals surface area contributed by atoms with Gasteiger partial charge >= 0.3 is 11.7 Å². The summed E-state index contributed by atoms with van der Waals surface area (Å²) in [6, 6.07) is 10.5. The maximum atomic E-state index is 13.2. The number of para-hydroxylation sites is 2. The van der Waals surface area contributed by atoms with Gasteiger partial charge in [0, 0.05) is 13.0 Å². The number of carbonyl (C=O) groups is 1. The van der Waals surface area contributed by atoms with Crippen LogP contribution in [0.1, 0.15) is 17.5 Å². The third-order valence-corrected chi connectivity index (χ3v) is 7.59. The van der Waals surface area contributed by atoms with Crippen LogP contribution < -0.4 is 5.76 Å². The van der Waals surface area contributed by atoms with Gasteiger partial charge in [0.15, 0.2) is 5.58 Å². The van der Waals surface area contributed by atoms with E-state index in [1.807, 2.05) is 6.92 Å². The predicted octanol–water partition coefficient (Wildman–Crippen LogP) is 1.58. The van der Waals surface area contributed by atoms with Crippen molar-refractivity contribution >= 4 is 27.1 Å². The molecule has 1 aliphatic rings. The van der Waals surface area contributed by atoms with E-state index in [4.69, 9.17) is 9.15 Å². The molecule has 1 saturated heterocycles. The highest BCUT2D eigenvalue weighted by Crippen LogP contribution is 2.28. The molecule has 1 unspecified atom stereocenters. The minimum atomic E-state index is -4.01. The number of aromatic nitrogens is 1. The molecule has 3 aromatic rings. The number of β-amino-alcohol motifs (C(OH)–C–C–N with tert-alkyl or cyclic N) is 1. The third-order valence-electron chi connectivity index (χ3n) is 5.72. The second-order valence-electron chi connectivity index (χ2n) is 7.88. The van der Waals surface area contributed by atoms with E-state index in [9.17, 15) is 23.1 Å². The zero-order valence-corrected chi connectivity index (χ0v) is 18.5. The molecule has 170 valence electrons. The minimum absolute atomic E-state index is 0.0563. The lowest BCUT2D eigenvalue weighted by Crippen LogP contribution is -2.41. The van der Waals surface area contributed by atoms with E-state index in [-0.39, 0.29) is 31.0 Å². The van der Waals surface area contributed by atoms with Crippen LogP contribution in [0.15, 0.2) is 56.6 Å². The zero-order chi connectivity index (χ0) is 23.0. The number of esters is 1. The van der Waals surface area contributed by atoms with Crippen LogP contribution in [0.4, 0.5) is 0 Å². The number of carbonyl (C=O) groups excluding carboxylic acids is 1. The highest BCUT2D eigenvalue weighted by Gasteiger charge is 2.44. The monoisotopic (exact) mass is 460 g/mol. The highest BCUT2D eigenvalue weighted by atomic mass is 32.2. The number of aliphatic hydroxyl groups excluding tert-OH is 1. The van der Waals surface area contributed by atoms with Crippen LogP contribution in [-0.2, 0) is 26.1 Å². The van der Waals surface area contributed by atoms with Crippen LogP contribution in [0.5, 0.6) is 0 Å². The average Bonchev–Trinajstić information content (AvgIpc) is 3.30. The molecular weight excluding hydrogens is 436 g/mol. The molecule has 1 fully saturated rings. The maximum absolute atomic E-state index is 13.2. The fraction of sp³-hybridized carbons (Fsp3) is 0.364. The van der Waals surface area contributed by atoms with Gasteiger partial charge in [0.1, 0.15) is 12.6 Å². The van der Waals surface area contributed by atoms with Gasteiger partial charge in [0.25, 0.3) is 0 Å². The molecular formula is C22H24N2O7S. The third kappa shape index (κ3) is 4.08. The van der Waals surface area contributed by atoms with Crippen molar-refractivity contribution in [1.82, 2.24) is 8.87 Å². The van der Waals surface area contributed by atoms with Gasteiger partial charge in [-0.05, 0) is 49.2 Å². The molecule has 32 heavy (non-hydrogen) atoms. The number of hydrogen-bond donors (Lipinski definition) is 1. The summed E-state index contributed by atoms with van der Waals surface area (Å²) in [4.78, 5) is 24.8. The van der Waals surface area contributed by atoms with Gasteiger partial charge in [-0.2, -0.15) is 4.31 Å². The molecule has 4 rings (SSSR count). The van der Waals surface area contributed by atoms with Crippen LogP contribution in [0.25, 0.3) is 11.1 Å². The number of aliphatic hydroxyl groups is 1. The molecule has 2 heterocycles. The Hall–Kier alpha value is -2.95. The van der Waals surface area contributed by atoms with Crippen molar-refractivity contribution in [1.29, 1.82) is 0 Å². The van der Waals surface area contributed by atoms with Crippen molar-refractivity contribution in [2.45, 2.75) is 43.9 Å². The van der Waals surface area contributed by atoms with Gasteiger partial charge in [-0.15, -0.1) is 0 Å². The summed E-state index contributed by atoms with van der Waals surface area (Å²) in [6.07, 6.45) is -1.04. The number of ether oxygens (including phenoxy) is 1. The van der Waals surface area contributed by atoms with Crippen molar-refractivity contribution in [3.8, 4) is 0 Å². The molecule has 1 N–H and O–H groups in total. The fourth-order valence-electron chi connectivity index (χ4n) is 3.83. The molecule has 0 bridgehead atoms. The average molecular weight is 461 g/mol. The number of aryl methyl sites for hydroxylation is 2. The lowest BCUT2D eigenvalue weighted by molar-refractivity contribution is -0.147. The summed E-state index contributed by atoms with van der Waals surface area (Å²) < 4.78 is 39.1. The lowest BCUT2D eigenvalue weighted by atomic mass is 10.1. The largest absolute Gasteiger partial charge is 0.463 e. The van der Waals surface area contributed by atoms with E-state index in [2.05, 4.69) is 0 Å². The summed E-state index contributed by atoms with van der Waals surface area (Å²) in [7, 11) is -4.01. The van der Waals surface area contributed by atoms with Crippen LogP contribution in [0.2, 0.25) is 0 Å². The number of fused-ring (bicyclic) bond motifs is 1. The van der Waals surface area contributed by atoms with E-state index >= 15 is 0 Å². The molecule has 0 spiro atoms. The van der Waals surface area contributed by atoms with Gasteiger partial charge in [-0.1, -0.05) is 18.2 Å². The van der Waals surface area contributed by atoms with E-state index < -0.39 is 33.9 Å². The van der Waals surface area contributed by atoms with Gasteiger partial charge in [-0.3, -0.25) is 9.36 Å². The molecule has 0 radical (unpaired) electrons. The molecule has 0 aliphatic carbocycles. The first-order valence-corrected chi connectivity index (χ1v) is 11.6. The number of sulfonamides is 1. The van der Waals surface area contributed by atoms with Crippen molar-refractivity contribution in [2.24, 2.45) is 0 Å². The Morgan fingerprint density at radius 3 is 2.69 bits per heavy atom. The Kier molecular flexibility index (Phi) is 5.93. The molecule has 1 aromatic heterocycles. The molecule has 1 aliphatic heterocycles. The van der Waals surface area contributed by atoms with Gasteiger partial charge < -0.3 is 14.3 Å². The normalized spacial score (nSPS) is 19.5. The summed E-state index contributed by atoms with van der Waals surface area (Å²) in [5.74, 6) is -1.34. The smallest absolute Gasteiger partial charge is 0.420 e. The van der Waals surface area contributed by atoms with E-state index in [1.54, 1.807) is 43.3 Å². The number of nitrogens with zero attached hydrogens (tertiary/aromatic N) is 2. The quantitative estimate of drug-likeness (QED) is 0.555. The van der Waals surface area contributed by atoms with Crippen LogP contribution in [0.3, 0.4) is 0 Å². The number of hydrogen-bond acceptors (Lipinski definition) is 7. The molecule has 9 nitrogen and oxygen atoms in total. The number of oxazole rings is 1. The standard InChI is InChI=1S/C22H24N2O7S/c1-14-7-8-17(11-15(14)2)32(28,29)24-13-16(25)12-19(24)21(26)30-10-9-23-18-5-3-4-6-20(18)31-22(23)27/h3-8,11,16,19,25H,9-10,12-13H2,1-2H3/t16?,19-/m0/s1. The minimum Gasteiger partial charge on any atom is -0.463 e. The molecule has 2 atom stereocenters. The first-order chi connectivity index (χ1) is 15.2. The van der Waals surface area contributed by atoms with Gasteiger partial charge in [0.05, 0.1) is 23.1 Å². The summed E-state index contributed by atoms with van der Waals surface area (Å²) in [6.45, 7) is 3.40. The zero-order valence-electron chi connectivity index (χ0n) is 17.7. The van der Waals surface area contributed by atoms with Crippen molar-refractivity contribution < 1.29 is 27.5 Å². The Labute approximate surface area is 184 Å². The topological polar surface area (TPSA) is 119 Å². The Morgan fingerprint density at radius 1 is 1.19 bits per heavy atom. The summed E-state index contributed by atoms with van der Waals surface area (Å²) in [5, 5.41) is 10.1. The number of rotatable bonds is 6. The Balaban J connectivity index is 1.49. The molecule has 2 aromatic carbocycles. The van der Waals surface area contributed by atoms with Crippen molar-refractivity contribution in [3.63, 3.8) is 0 Å². The van der Waals surface area contributed by atoms with Gasteiger partial charge in [0.2, 0.25) is 10.0 Å². The Bertz CT molecular complexity index is 1330. The summed E-state index contributed by atoms with van der Waals surface area (Å²) in [5.41, 5.74) is 2.75. The second-order valence-corrected chi connectivity index (χ2v) is 9.77. The highest BCUT2D eigenvalue weighted by molar-refractivity contribution is 7.89. The van der Waals surface area contributed by atoms with E-state index in [0.717, 1.165) is 15.4 Å². The SMILES string of the molecule is Cc1ccc(S(=O)(=O)N2CC(O)C[C@H]2C(=O)OCCn2c(=O)oc3ccccc32)cc1C.